The first-order chi connectivity index (χ1) is 19.2. The van der Waals surface area contributed by atoms with Crippen molar-refractivity contribution in [1.82, 2.24) is 20.3 Å². The highest BCUT2D eigenvalue weighted by atomic mass is 19.4. The smallest absolute Gasteiger partial charge is 0.416 e. The number of nitrogens with one attached hydrogen (secondary N) is 3. The van der Waals surface area contributed by atoms with Crippen molar-refractivity contribution >= 4 is 22.4 Å². The molecule has 2 aromatic heterocycles. The number of fused-ring (bicyclic) bond motifs is 1. The van der Waals surface area contributed by atoms with E-state index in [0.29, 0.717) is 45.3 Å². The number of rotatable bonds is 8. The van der Waals surface area contributed by atoms with Gasteiger partial charge in [0.05, 0.1) is 11.3 Å². The SMILES string of the molecule is Cc1ccc2c(Oc3ncccc3-c3ccnc(N[C@H]4CCCNC4)n3)c(C)ccc2c1NCC(O)C(F)(F)F. The van der Waals surface area contributed by atoms with Crippen LogP contribution in [0.15, 0.2) is 54.9 Å². The Labute approximate surface area is 230 Å². The summed E-state index contributed by atoms with van der Waals surface area (Å²) in [5.41, 5.74) is 3.37. The van der Waals surface area contributed by atoms with Crippen molar-refractivity contribution < 1.29 is 23.0 Å². The van der Waals surface area contributed by atoms with Crippen LogP contribution in [-0.4, -0.2) is 58.0 Å². The zero-order valence-corrected chi connectivity index (χ0v) is 22.2. The number of piperidine rings is 1. The van der Waals surface area contributed by atoms with E-state index in [0.717, 1.165) is 37.1 Å². The molecule has 1 saturated heterocycles. The van der Waals surface area contributed by atoms with Crippen molar-refractivity contribution in [3.63, 3.8) is 0 Å². The van der Waals surface area contributed by atoms with Gasteiger partial charge < -0.3 is 25.8 Å². The summed E-state index contributed by atoms with van der Waals surface area (Å²) in [6.07, 6.45) is -1.76. The number of anilines is 2. The zero-order valence-electron chi connectivity index (χ0n) is 22.2. The Kier molecular flexibility index (Phi) is 8.04. The van der Waals surface area contributed by atoms with Gasteiger partial charge in [0, 0.05) is 48.0 Å². The molecule has 0 aliphatic carbocycles. The second-order valence-electron chi connectivity index (χ2n) is 9.91. The summed E-state index contributed by atoms with van der Waals surface area (Å²) in [5.74, 6) is 1.39. The third kappa shape index (κ3) is 6.10. The first-order valence-corrected chi connectivity index (χ1v) is 13.2. The maximum atomic E-state index is 12.9. The van der Waals surface area contributed by atoms with Crippen molar-refractivity contribution in [2.75, 3.05) is 30.3 Å². The summed E-state index contributed by atoms with van der Waals surface area (Å²) in [4.78, 5) is 13.6. The van der Waals surface area contributed by atoms with Gasteiger partial charge in [0.15, 0.2) is 6.10 Å². The van der Waals surface area contributed by atoms with Gasteiger partial charge >= 0.3 is 6.18 Å². The van der Waals surface area contributed by atoms with E-state index in [-0.39, 0.29) is 6.04 Å². The molecule has 3 heterocycles. The topological polar surface area (TPSA) is 104 Å². The number of benzene rings is 2. The van der Waals surface area contributed by atoms with E-state index in [1.165, 1.54) is 0 Å². The Morgan fingerprint density at radius 1 is 1.05 bits per heavy atom. The lowest BCUT2D eigenvalue weighted by Crippen LogP contribution is -2.38. The summed E-state index contributed by atoms with van der Waals surface area (Å²) in [7, 11) is 0. The molecule has 8 nitrogen and oxygen atoms in total. The number of aryl methyl sites for hydroxylation is 2. The molecular formula is C29H31F3N6O2. The van der Waals surface area contributed by atoms with Gasteiger partial charge in [-0.1, -0.05) is 24.3 Å². The first kappa shape index (κ1) is 27.6. The number of hydrogen-bond donors (Lipinski definition) is 4. The molecule has 2 aromatic carbocycles. The van der Waals surface area contributed by atoms with Crippen LogP contribution in [0.5, 0.6) is 11.6 Å². The number of ether oxygens (including phenoxy) is 1. The van der Waals surface area contributed by atoms with Crippen molar-refractivity contribution in [3.8, 4) is 22.9 Å². The molecule has 0 saturated carbocycles. The van der Waals surface area contributed by atoms with Gasteiger partial charge in [-0.15, -0.1) is 0 Å². The highest BCUT2D eigenvalue weighted by Gasteiger charge is 2.38. The Morgan fingerprint density at radius 3 is 2.62 bits per heavy atom. The lowest BCUT2D eigenvalue weighted by atomic mass is 10.0. The van der Waals surface area contributed by atoms with Gasteiger partial charge in [-0.3, -0.25) is 0 Å². The molecule has 1 fully saturated rings. The number of aromatic nitrogens is 3. The molecule has 210 valence electrons. The molecule has 4 aromatic rings. The fourth-order valence-electron chi connectivity index (χ4n) is 4.78. The summed E-state index contributed by atoms with van der Waals surface area (Å²) in [5, 5.41) is 20.4. The highest BCUT2D eigenvalue weighted by Crippen LogP contribution is 2.39. The average molecular weight is 553 g/mol. The number of halogens is 3. The molecule has 1 aliphatic rings. The van der Waals surface area contributed by atoms with Crippen molar-refractivity contribution in [2.45, 2.75) is 45.0 Å². The van der Waals surface area contributed by atoms with Gasteiger partial charge in [0.1, 0.15) is 5.75 Å². The first-order valence-electron chi connectivity index (χ1n) is 13.2. The van der Waals surface area contributed by atoms with Crippen LogP contribution in [0.2, 0.25) is 0 Å². The van der Waals surface area contributed by atoms with Gasteiger partial charge in [-0.25, -0.2) is 15.0 Å². The lowest BCUT2D eigenvalue weighted by Gasteiger charge is -2.23. The molecule has 0 bridgehead atoms. The number of hydrogen-bond acceptors (Lipinski definition) is 8. The average Bonchev–Trinajstić information content (AvgIpc) is 2.94. The Balaban J connectivity index is 1.47. The second kappa shape index (κ2) is 11.6. The van der Waals surface area contributed by atoms with E-state index in [1.807, 2.05) is 31.2 Å². The predicted molar refractivity (Wildman–Crippen MR) is 149 cm³/mol. The maximum absolute atomic E-state index is 12.9. The molecular weight excluding hydrogens is 521 g/mol. The molecule has 1 unspecified atom stereocenters. The molecule has 11 heteroatoms. The van der Waals surface area contributed by atoms with Gasteiger partial charge in [-0.2, -0.15) is 13.2 Å². The van der Waals surface area contributed by atoms with E-state index in [1.54, 1.807) is 37.5 Å². The van der Waals surface area contributed by atoms with Gasteiger partial charge in [-0.05, 0) is 62.6 Å². The van der Waals surface area contributed by atoms with Crippen LogP contribution in [0.25, 0.3) is 22.0 Å². The number of alkyl halides is 3. The van der Waals surface area contributed by atoms with E-state index in [9.17, 15) is 18.3 Å². The summed E-state index contributed by atoms with van der Waals surface area (Å²) in [6, 6.07) is 13.1. The molecule has 40 heavy (non-hydrogen) atoms. The standard InChI is InChI=1S/C29H31F3N6O2/c1-17-7-10-21-20(25(17)36-16-24(39)29(30,31)32)9-8-18(2)26(21)40-27-22(6-4-13-34-27)23-11-14-35-28(38-23)37-19-5-3-12-33-15-19/h4,6-11,13-14,19,24,33,36,39H,3,5,12,15-16H2,1-2H3,(H,35,37,38)/t19-,24?/m0/s1. The van der Waals surface area contributed by atoms with E-state index >= 15 is 0 Å². The van der Waals surface area contributed by atoms with Crippen LogP contribution in [0, 0.1) is 13.8 Å². The monoisotopic (exact) mass is 552 g/mol. The third-order valence-corrected chi connectivity index (χ3v) is 6.94. The fourth-order valence-corrected chi connectivity index (χ4v) is 4.78. The van der Waals surface area contributed by atoms with Crippen LogP contribution in [-0.2, 0) is 0 Å². The molecule has 2 atom stereocenters. The molecule has 0 spiro atoms. The molecule has 1 aliphatic heterocycles. The minimum absolute atomic E-state index is 0.246. The van der Waals surface area contributed by atoms with Gasteiger partial charge in [0.25, 0.3) is 0 Å². The second-order valence-corrected chi connectivity index (χ2v) is 9.91. The fraction of sp³-hybridized carbons (Fsp3) is 0.345. The van der Waals surface area contributed by atoms with Crippen molar-refractivity contribution in [1.29, 1.82) is 0 Å². The largest absolute Gasteiger partial charge is 0.437 e. The summed E-state index contributed by atoms with van der Waals surface area (Å²) >= 11 is 0. The van der Waals surface area contributed by atoms with Crippen LogP contribution >= 0.6 is 0 Å². The minimum Gasteiger partial charge on any atom is -0.437 e. The van der Waals surface area contributed by atoms with Crippen LogP contribution in [0.1, 0.15) is 24.0 Å². The highest BCUT2D eigenvalue weighted by molar-refractivity contribution is 6.00. The lowest BCUT2D eigenvalue weighted by molar-refractivity contribution is -0.198. The van der Waals surface area contributed by atoms with E-state index < -0.39 is 18.8 Å². The summed E-state index contributed by atoms with van der Waals surface area (Å²) in [6.45, 7) is 4.88. The predicted octanol–water partition coefficient (Wildman–Crippen LogP) is 5.60. The minimum atomic E-state index is -4.71. The quantitative estimate of drug-likeness (QED) is 0.224. The Bertz CT molecular complexity index is 1490. The van der Waals surface area contributed by atoms with Crippen molar-refractivity contribution in [3.05, 3.63) is 66.0 Å². The zero-order chi connectivity index (χ0) is 28.3. The summed E-state index contributed by atoms with van der Waals surface area (Å²) < 4.78 is 45.2. The number of nitrogens with zero attached hydrogens (tertiary/aromatic N) is 3. The molecule has 0 radical (unpaired) electrons. The van der Waals surface area contributed by atoms with Crippen LogP contribution < -0.4 is 20.7 Å². The van der Waals surface area contributed by atoms with E-state index in [4.69, 9.17) is 9.72 Å². The molecule has 0 amide bonds. The normalized spacial score (nSPS) is 16.5. The molecule has 4 N–H and O–H groups in total. The Hall–Kier alpha value is -3.96. The Morgan fingerprint density at radius 2 is 1.85 bits per heavy atom. The third-order valence-electron chi connectivity index (χ3n) is 6.94. The van der Waals surface area contributed by atoms with Crippen LogP contribution in [0.3, 0.4) is 0 Å². The van der Waals surface area contributed by atoms with Crippen molar-refractivity contribution in [2.24, 2.45) is 0 Å². The number of aliphatic hydroxyl groups excluding tert-OH is 1. The number of pyridine rings is 1. The number of aliphatic hydroxyl groups is 1. The van der Waals surface area contributed by atoms with E-state index in [2.05, 4.69) is 25.9 Å². The van der Waals surface area contributed by atoms with Crippen LogP contribution in [0.4, 0.5) is 24.8 Å². The maximum Gasteiger partial charge on any atom is 0.416 e. The molecule has 5 rings (SSSR count). The van der Waals surface area contributed by atoms with Gasteiger partial charge in [0.2, 0.25) is 11.8 Å².